The van der Waals surface area contributed by atoms with Crippen molar-refractivity contribution in [1.29, 1.82) is 0 Å². The highest BCUT2D eigenvalue weighted by molar-refractivity contribution is 5.91. The minimum absolute atomic E-state index is 0.115. The highest BCUT2D eigenvalue weighted by Crippen LogP contribution is 2.23. The van der Waals surface area contributed by atoms with Gasteiger partial charge in [-0.05, 0) is 24.6 Å². The fourth-order valence-electron chi connectivity index (χ4n) is 3.50. The number of anilines is 1. The van der Waals surface area contributed by atoms with Crippen molar-refractivity contribution in [3.05, 3.63) is 72.3 Å². The Balaban J connectivity index is 1.53. The summed E-state index contributed by atoms with van der Waals surface area (Å²) in [7, 11) is 1.52. The first-order valence-corrected chi connectivity index (χ1v) is 10.5. The first kappa shape index (κ1) is 23.3. The number of aliphatic hydroxyl groups is 1. The number of hydrogen-bond donors (Lipinski definition) is 4. The minimum Gasteiger partial charge on any atom is -0.495 e. The van der Waals surface area contributed by atoms with Crippen molar-refractivity contribution in [1.82, 2.24) is 10.6 Å². The zero-order chi connectivity index (χ0) is 22.9. The molecule has 2 aromatic carbocycles. The third-order valence-electron chi connectivity index (χ3n) is 5.18. The number of hydrogen-bond acceptors (Lipinski definition) is 5. The molecular formula is C24H29N3O5. The van der Waals surface area contributed by atoms with E-state index in [1.807, 2.05) is 37.3 Å². The average Bonchev–Trinajstić information content (AvgIpc) is 2.80. The number of amides is 3. The van der Waals surface area contributed by atoms with Gasteiger partial charge in [0.05, 0.1) is 44.0 Å². The van der Waals surface area contributed by atoms with Gasteiger partial charge in [0.2, 0.25) is 5.91 Å². The van der Waals surface area contributed by atoms with E-state index in [9.17, 15) is 14.7 Å². The van der Waals surface area contributed by atoms with Gasteiger partial charge in [-0.2, -0.15) is 0 Å². The summed E-state index contributed by atoms with van der Waals surface area (Å²) in [5, 5.41) is 18.2. The summed E-state index contributed by atoms with van der Waals surface area (Å²) in [6.07, 6.45) is 2.42. The van der Waals surface area contributed by atoms with E-state index < -0.39 is 24.3 Å². The molecule has 0 aliphatic carbocycles. The van der Waals surface area contributed by atoms with Gasteiger partial charge in [0, 0.05) is 0 Å². The standard InChI is InChI=1S/C24H29N3O5/c1-16(17-8-4-3-5-9-17)25-23(29)14-18-12-13-20(22(15-28)32-18)27-24(30)26-19-10-6-7-11-21(19)31-2/h3-13,16,18,20,22,28H,14-15H2,1-2H3,(H,25,29)(H2,26,27,30)/t16-,18+,20+,22-/m1/s1. The Morgan fingerprint density at radius 1 is 1.09 bits per heavy atom. The highest BCUT2D eigenvalue weighted by atomic mass is 16.5. The third kappa shape index (κ3) is 6.32. The monoisotopic (exact) mass is 439 g/mol. The average molecular weight is 440 g/mol. The van der Waals surface area contributed by atoms with Crippen LogP contribution in [0.4, 0.5) is 10.5 Å². The maximum atomic E-state index is 12.4. The van der Waals surface area contributed by atoms with Crippen molar-refractivity contribution in [2.75, 3.05) is 19.0 Å². The molecule has 170 valence electrons. The van der Waals surface area contributed by atoms with Crippen LogP contribution < -0.4 is 20.7 Å². The van der Waals surface area contributed by atoms with Gasteiger partial charge in [0.15, 0.2) is 0 Å². The molecule has 0 fully saturated rings. The van der Waals surface area contributed by atoms with Crippen LogP contribution in [-0.4, -0.2) is 49.0 Å². The second kappa shape index (κ2) is 11.3. The van der Waals surface area contributed by atoms with E-state index in [-0.39, 0.29) is 25.0 Å². The molecule has 0 spiro atoms. The molecule has 4 N–H and O–H groups in total. The molecule has 0 aromatic heterocycles. The number of rotatable bonds is 8. The number of benzene rings is 2. The van der Waals surface area contributed by atoms with Crippen molar-refractivity contribution in [3.63, 3.8) is 0 Å². The molecule has 1 heterocycles. The largest absolute Gasteiger partial charge is 0.495 e. The van der Waals surface area contributed by atoms with Gasteiger partial charge in [0.25, 0.3) is 0 Å². The maximum Gasteiger partial charge on any atom is 0.319 e. The molecule has 0 radical (unpaired) electrons. The Morgan fingerprint density at radius 2 is 1.81 bits per heavy atom. The van der Waals surface area contributed by atoms with Crippen LogP contribution in [0.3, 0.4) is 0 Å². The van der Waals surface area contributed by atoms with Crippen LogP contribution in [0.25, 0.3) is 0 Å². The van der Waals surface area contributed by atoms with Crippen molar-refractivity contribution < 1.29 is 24.2 Å². The van der Waals surface area contributed by atoms with Gasteiger partial charge in [-0.1, -0.05) is 54.6 Å². The third-order valence-corrected chi connectivity index (χ3v) is 5.18. The molecular weight excluding hydrogens is 410 g/mol. The van der Waals surface area contributed by atoms with Crippen LogP contribution >= 0.6 is 0 Å². The summed E-state index contributed by atoms with van der Waals surface area (Å²) in [5.41, 5.74) is 1.54. The molecule has 32 heavy (non-hydrogen) atoms. The Hall–Kier alpha value is -3.36. The predicted molar refractivity (Wildman–Crippen MR) is 121 cm³/mol. The smallest absolute Gasteiger partial charge is 0.319 e. The number of carbonyl (C=O) groups is 2. The van der Waals surface area contributed by atoms with Gasteiger partial charge < -0.3 is 30.5 Å². The van der Waals surface area contributed by atoms with Crippen molar-refractivity contribution in [3.8, 4) is 5.75 Å². The fourth-order valence-corrected chi connectivity index (χ4v) is 3.50. The number of ether oxygens (including phenoxy) is 2. The van der Waals surface area contributed by atoms with E-state index in [1.54, 1.807) is 36.4 Å². The number of urea groups is 1. The quantitative estimate of drug-likeness (QED) is 0.473. The first-order valence-electron chi connectivity index (χ1n) is 10.5. The molecule has 1 aliphatic heterocycles. The zero-order valence-corrected chi connectivity index (χ0v) is 18.2. The summed E-state index contributed by atoms with van der Waals surface area (Å²) in [6, 6.07) is 15.6. The Morgan fingerprint density at radius 3 is 2.53 bits per heavy atom. The fraction of sp³-hybridized carbons (Fsp3) is 0.333. The molecule has 8 nitrogen and oxygen atoms in total. The molecule has 3 rings (SSSR count). The van der Waals surface area contributed by atoms with E-state index in [2.05, 4.69) is 16.0 Å². The molecule has 4 atom stereocenters. The molecule has 0 bridgehead atoms. The molecule has 0 unspecified atom stereocenters. The van der Waals surface area contributed by atoms with E-state index in [0.29, 0.717) is 11.4 Å². The maximum absolute atomic E-state index is 12.4. The lowest BCUT2D eigenvalue weighted by molar-refractivity contribution is -0.125. The lowest BCUT2D eigenvalue weighted by Gasteiger charge is -2.32. The van der Waals surface area contributed by atoms with Crippen molar-refractivity contribution >= 4 is 17.6 Å². The normalized spacial score (nSPS) is 20.8. The molecule has 3 amide bonds. The second-order valence-electron chi connectivity index (χ2n) is 7.51. The number of para-hydroxylation sites is 2. The van der Waals surface area contributed by atoms with E-state index in [1.165, 1.54) is 7.11 Å². The van der Waals surface area contributed by atoms with Crippen molar-refractivity contribution in [2.45, 2.75) is 37.6 Å². The van der Waals surface area contributed by atoms with Gasteiger partial charge in [0.1, 0.15) is 11.9 Å². The summed E-state index contributed by atoms with van der Waals surface area (Å²) in [6.45, 7) is 1.62. The lowest BCUT2D eigenvalue weighted by atomic mass is 10.0. The molecule has 1 aliphatic rings. The second-order valence-corrected chi connectivity index (χ2v) is 7.51. The molecule has 2 aromatic rings. The van der Waals surface area contributed by atoms with E-state index in [0.717, 1.165) is 5.56 Å². The number of carbonyl (C=O) groups excluding carboxylic acids is 2. The van der Waals surface area contributed by atoms with Gasteiger partial charge >= 0.3 is 6.03 Å². The summed E-state index contributed by atoms with van der Waals surface area (Å²) in [4.78, 5) is 24.8. The Labute approximate surface area is 187 Å². The topological polar surface area (TPSA) is 109 Å². The minimum atomic E-state index is -0.673. The van der Waals surface area contributed by atoms with Gasteiger partial charge in [-0.3, -0.25) is 4.79 Å². The van der Waals surface area contributed by atoms with Crippen LogP contribution in [0, 0.1) is 0 Å². The summed E-state index contributed by atoms with van der Waals surface area (Å²) >= 11 is 0. The number of nitrogens with one attached hydrogen (secondary N) is 3. The van der Waals surface area contributed by atoms with E-state index in [4.69, 9.17) is 9.47 Å². The predicted octanol–water partition coefficient (Wildman–Crippen LogP) is 2.77. The van der Waals surface area contributed by atoms with Crippen molar-refractivity contribution in [2.24, 2.45) is 0 Å². The van der Waals surface area contributed by atoms with Gasteiger partial charge in [-0.25, -0.2) is 4.79 Å². The Kier molecular flexibility index (Phi) is 8.24. The Bertz CT molecular complexity index is 934. The number of aliphatic hydroxyl groups excluding tert-OH is 1. The van der Waals surface area contributed by atoms with Crippen LogP contribution in [0.1, 0.15) is 24.9 Å². The summed E-state index contributed by atoms with van der Waals surface area (Å²) < 4.78 is 11.1. The van der Waals surface area contributed by atoms with Crippen LogP contribution in [-0.2, 0) is 9.53 Å². The van der Waals surface area contributed by atoms with E-state index >= 15 is 0 Å². The SMILES string of the molecule is COc1ccccc1NC(=O)N[C@H]1C=C[C@@H](CC(=O)N[C@H](C)c2ccccc2)O[C@@H]1CO. The van der Waals surface area contributed by atoms with Gasteiger partial charge in [-0.15, -0.1) is 0 Å². The number of methoxy groups -OCH3 is 1. The van der Waals surface area contributed by atoms with Crippen LogP contribution in [0.2, 0.25) is 0 Å². The first-order chi connectivity index (χ1) is 15.5. The lowest BCUT2D eigenvalue weighted by Crippen LogP contribution is -2.50. The zero-order valence-electron chi connectivity index (χ0n) is 18.2. The summed E-state index contributed by atoms with van der Waals surface area (Å²) in [5.74, 6) is 0.376. The van der Waals surface area contributed by atoms with Crippen LogP contribution in [0.5, 0.6) is 5.75 Å². The molecule has 8 heteroatoms. The van der Waals surface area contributed by atoms with Crippen LogP contribution in [0.15, 0.2) is 66.7 Å². The molecule has 0 saturated heterocycles. The highest BCUT2D eigenvalue weighted by Gasteiger charge is 2.29. The molecule has 0 saturated carbocycles.